The smallest absolute Gasteiger partial charge is 0.296 e. The van der Waals surface area contributed by atoms with Crippen LogP contribution in [0.3, 0.4) is 0 Å². The molecular weight excluding hydrogens is 266 g/mol. The Hall–Kier alpha value is -0.660. The van der Waals surface area contributed by atoms with Gasteiger partial charge in [-0.1, -0.05) is 20.8 Å². The quantitative estimate of drug-likeness (QED) is 0.774. The Kier molecular flexibility index (Phi) is 4.16. The van der Waals surface area contributed by atoms with Crippen molar-refractivity contribution in [1.82, 2.24) is 14.8 Å². The van der Waals surface area contributed by atoms with Gasteiger partial charge in [0.15, 0.2) is 0 Å². The molecule has 0 aliphatic rings. The molecule has 6 nitrogen and oxygen atoms in total. The van der Waals surface area contributed by atoms with Crippen molar-refractivity contribution in [3.05, 3.63) is 5.82 Å². The molecule has 0 saturated heterocycles. The van der Waals surface area contributed by atoms with Crippen LogP contribution in [-0.4, -0.2) is 36.9 Å². The van der Waals surface area contributed by atoms with Crippen LogP contribution in [0.2, 0.25) is 0 Å². The molecule has 17 heavy (non-hydrogen) atoms. The van der Waals surface area contributed by atoms with Crippen LogP contribution < -0.4 is 0 Å². The maximum absolute atomic E-state index is 11.4. The van der Waals surface area contributed by atoms with Crippen LogP contribution in [0, 0.1) is 0 Å². The van der Waals surface area contributed by atoms with Gasteiger partial charge in [-0.05, 0) is 0 Å². The minimum Gasteiger partial charge on any atom is -0.383 e. The van der Waals surface area contributed by atoms with Crippen LogP contribution in [0.5, 0.6) is 0 Å². The molecule has 1 aromatic heterocycles. The first-order valence-corrected chi connectivity index (χ1v) is 7.36. The van der Waals surface area contributed by atoms with Crippen LogP contribution in [0.25, 0.3) is 0 Å². The topological polar surface area (TPSA) is 74.1 Å². The summed E-state index contributed by atoms with van der Waals surface area (Å²) in [5.74, 6) is 0.564. The fourth-order valence-electron chi connectivity index (χ4n) is 1.41. The Morgan fingerprint density at radius 3 is 2.35 bits per heavy atom. The largest absolute Gasteiger partial charge is 0.383 e. The van der Waals surface area contributed by atoms with Gasteiger partial charge in [-0.25, -0.2) is 8.42 Å². The van der Waals surface area contributed by atoms with E-state index in [0.717, 1.165) is 0 Å². The summed E-state index contributed by atoms with van der Waals surface area (Å²) in [5.41, 5.74) is -0.319. The molecule has 1 rings (SSSR count). The monoisotopic (exact) mass is 281 g/mol. The van der Waals surface area contributed by atoms with Crippen LogP contribution in [0.1, 0.15) is 26.6 Å². The van der Waals surface area contributed by atoms with Crippen molar-refractivity contribution in [2.24, 2.45) is 0 Å². The molecule has 1 aromatic rings. The molecule has 0 fully saturated rings. The van der Waals surface area contributed by atoms with E-state index in [9.17, 15) is 8.42 Å². The number of methoxy groups -OCH3 is 1. The highest BCUT2D eigenvalue weighted by atomic mass is 35.7. The number of rotatable bonds is 4. The van der Waals surface area contributed by atoms with Gasteiger partial charge in [-0.15, -0.1) is 10.2 Å². The van der Waals surface area contributed by atoms with Gasteiger partial charge in [0.2, 0.25) is 0 Å². The summed E-state index contributed by atoms with van der Waals surface area (Å²) < 4.78 is 29.1. The Labute approximate surface area is 105 Å². The molecule has 0 atom stereocenters. The van der Waals surface area contributed by atoms with Gasteiger partial charge in [0.25, 0.3) is 14.2 Å². The summed E-state index contributed by atoms with van der Waals surface area (Å²) in [6, 6.07) is 0. The lowest BCUT2D eigenvalue weighted by Gasteiger charge is -2.19. The molecule has 1 heterocycles. The summed E-state index contributed by atoms with van der Waals surface area (Å²) in [5, 5.41) is 7.31. The van der Waals surface area contributed by atoms with E-state index in [1.807, 2.05) is 20.8 Å². The van der Waals surface area contributed by atoms with E-state index in [4.69, 9.17) is 15.4 Å². The highest BCUT2D eigenvalue weighted by Crippen LogP contribution is 2.24. The Bertz CT molecular complexity index is 490. The SMILES string of the molecule is COCCn1c(C(C)(C)C)nnc1S(=O)(=O)Cl. The summed E-state index contributed by atoms with van der Waals surface area (Å²) in [6.07, 6.45) is 0. The first kappa shape index (κ1) is 14.4. The van der Waals surface area contributed by atoms with Crippen LogP contribution in [-0.2, 0) is 25.7 Å². The second-order valence-corrected chi connectivity index (χ2v) is 7.10. The van der Waals surface area contributed by atoms with E-state index in [-0.39, 0.29) is 10.6 Å². The van der Waals surface area contributed by atoms with E-state index in [1.165, 1.54) is 11.7 Å². The molecule has 0 radical (unpaired) electrons. The molecule has 0 bridgehead atoms. The molecular formula is C9H16ClN3O3S. The van der Waals surface area contributed by atoms with Crippen molar-refractivity contribution >= 4 is 19.7 Å². The van der Waals surface area contributed by atoms with Gasteiger partial charge in [0.05, 0.1) is 6.61 Å². The minimum atomic E-state index is -3.90. The number of aromatic nitrogens is 3. The molecule has 98 valence electrons. The van der Waals surface area contributed by atoms with Crippen molar-refractivity contribution < 1.29 is 13.2 Å². The first-order chi connectivity index (χ1) is 7.68. The van der Waals surface area contributed by atoms with Crippen molar-refractivity contribution in [1.29, 1.82) is 0 Å². The van der Waals surface area contributed by atoms with Gasteiger partial charge in [0, 0.05) is 29.8 Å². The normalized spacial score (nSPS) is 13.0. The lowest BCUT2D eigenvalue weighted by molar-refractivity contribution is 0.182. The van der Waals surface area contributed by atoms with Crippen LogP contribution in [0.4, 0.5) is 0 Å². The summed E-state index contributed by atoms with van der Waals surface area (Å²) in [7, 11) is 2.95. The molecule has 0 aliphatic carbocycles. The molecule has 0 amide bonds. The number of nitrogens with zero attached hydrogens (tertiary/aromatic N) is 3. The average molecular weight is 282 g/mol. The predicted molar refractivity (Wildman–Crippen MR) is 63.6 cm³/mol. The van der Waals surface area contributed by atoms with E-state index < -0.39 is 9.05 Å². The van der Waals surface area contributed by atoms with Gasteiger partial charge in [0.1, 0.15) is 5.82 Å². The molecule has 0 spiro atoms. The third kappa shape index (κ3) is 3.40. The van der Waals surface area contributed by atoms with Crippen molar-refractivity contribution in [2.75, 3.05) is 13.7 Å². The molecule has 0 aliphatic heterocycles. The summed E-state index contributed by atoms with van der Waals surface area (Å²) in [6.45, 7) is 6.47. The Morgan fingerprint density at radius 1 is 1.35 bits per heavy atom. The maximum Gasteiger partial charge on any atom is 0.296 e. The van der Waals surface area contributed by atoms with Gasteiger partial charge < -0.3 is 4.74 Å². The predicted octanol–water partition coefficient (Wildman–Crippen LogP) is 1.15. The van der Waals surface area contributed by atoms with Crippen molar-refractivity contribution in [2.45, 2.75) is 37.9 Å². The first-order valence-electron chi connectivity index (χ1n) is 5.05. The van der Waals surface area contributed by atoms with E-state index in [2.05, 4.69) is 10.2 Å². The van der Waals surface area contributed by atoms with Gasteiger partial charge >= 0.3 is 0 Å². The molecule has 0 N–H and O–H groups in total. The number of ether oxygens (including phenoxy) is 1. The summed E-state index contributed by atoms with van der Waals surface area (Å²) in [4.78, 5) is 0. The van der Waals surface area contributed by atoms with Crippen LogP contribution >= 0.6 is 10.7 Å². The number of hydrogen-bond donors (Lipinski definition) is 0. The third-order valence-electron chi connectivity index (χ3n) is 2.12. The number of hydrogen-bond acceptors (Lipinski definition) is 5. The molecule has 0 saturated carbocycles. The Balaban J connectivity index is 3.30. The van der Waals surface area contributed by atoms with Crippen molar-refractivity contribution in [3.8, 4) is 0 Å². The maximum atomic E-state index is 11.4. The zero-order chi connectivity index (χ0) is 13.3. The second-order valence-electron chi connectivity index (χ2n) is 4.64. The standard InChI is InChI=1S/C9H16ClN3O3S/c1-9(2,3)7-11-12-8(17(10,14)15)13(7)5-6-16-4/h5-6H2,1-4H3. The molecule has 0 aromatic carbocycles. The fraction of sp³-hybridized carbons (Fsp3) is 0.778. The highest BCUT2D eigenvalue weighted by Gasteiger charge is 2.28. The molecule has 0 unspecified atom stereocenters. The zero-order valence-electron chi connectivity index (χ0n) is 10.3. The third-order valence-corrected chi connectivity index (χ3v) is 3.28. The fourth-order valence-corrected chi connectivity index (χ4v) is 2.33. The minimum absolute atomic E-state index is 0.235. The van der Waals surface area contributed by atoms with E-state index in [0.29, 0.717) is 19.0 Å². The van der Waals surface area contributed by atoms with Crippen molar-refractivity contribution in [3.63, 3.8) is 0 Å². The summed E-state index contributed by atoms with van der Waals surface area (Å²) >= 11 is 0. The van der Waals surface area contributed by atoms with E-state index in [1.54, 1.807) is 0 Å². The van der Waals surface area contributed by atoms with Gasteiger partial charge in [-0.3, -0.25) is 4.57 Å². The lowest BCUT2D eigenvalue weighted by Crippen LogP contribution is -2.22. The second kappa shape index (κ2) is 4.91. The van der Waals surface area contributed by atoms with Gasteiger partial charge in [-0.2, -0.15) is 0 Å². The average Bonchev–Trinajstić information content (AvgIpc) is 2.56. The lowest BCUT2D eigenvalue weighted by atomic mass is 9.96. The number of halogens is 1. The van der Waals surface area contributed by atoms with Crippen LogP contribution in [0.15, 0.2) is 5.16 Å². The van der Waals surface area contributed by atoms with E-state index >= 15 is 0 Å². The zero-order valence-corrected chi connectivity index (χ0v) is 11.8. The Morgan fingerprint density at radius 2 is 1.94 bits per heavy atom. The molecule has 8 heteroatoms. The highest BCUT2D eigenvalue weighted by molar-refractivity contribution is 8.13.